The number of fused-ring (bicyclic) bond motifs is 1. The monoisotopic (exact) mass is 243 g/mol. The Hall–Kier alpha value is -0.410. The molecule has 0 aromatic heterocycles. The number of aryl methyl sites for hydroxylation is 1. The third-order valence-corrected chi connectivity index (χ3v) is 2.97. The molecule has 13 heavy (non-hydrogen) atoms. The predicted molar refractivity (Wildman–Crippen MR) is 54.0 cm³/mol. The molecule has 0 aliphatic heterocycles. The Bertz CT molecular complexity index is 338. The molecule has 0 saturated carbocycles. The van der Waals surface area contributed by atoms with Crippen molar-refractivity contribution in [1.82, 2.24) is 0 Å². The maximum absolute atomic E-state index is 13.5. The van der Waals surface area contributed by atoms with Crippen molar-refractivity contribution in [3.8, 4) is 0 Å². The van der Waals surface area contributed by atoms with Crippen LogP contribution in [0.2, 0.25) is 0 Å². The quantitative estimate of drug-likeness (QED) is 0.746. The Morgan fingerprint density at radius 3 is 3.00 bits per heavy atom. The summed E-state index contributed by atoms with van der Waals surface area (Å²) in [6.45, 7) is 0. The molecule has 1 nitrogen and oxygen atoms in total. The molecule has 0 spiro atoms. The number of hydrogen-bond donors (Lipinski definition) is 1. The van der Waals surface area contributed by atoms with Gasteiger partial charge in [-0.3, -0.25) is 0 Å². The summed E-state index contributed by atoms with van der Waals surface area (Å²) in [6, 6.07) is 3.35. The summed E-state index contributed by atoms with van der Waals surface area (Å²) in [4.78, 5) is 0. The Morgan fingerprint density at radius 2 is 2.23 bits per heavy atom. The standard InChI is InChI=1S/C10H11BrFN/c11-7-4-6-2-1-3-9(13)10(6)8(12)5-7/h4-5,9H,1-3,13H2/t9-/m0/s1. The van der Waals surface area contributed by atoms with Crippen LogP contribution in [0, 0.1) is 5.82 Å². The third kappa shape index (κ3) is 1.63. The van der Waals surface area contributed by atoms with E-state index in [0.29, 0.717) is 0 Å². The topological polar surface area (TPSA) is 26.0 Å². The molecular weight excluding hydrogens is 233 g/mol. The van der Waals surface area contributed by atoms with Gasteiger partial charge in [-0.1, -0.05) is 15.9 Å². The van der Waals surface area contributed by atoms with Crippen LogP contribution in [-0.4, -0.2) is 0 Å². The fourth-order valence-electron chi connectivity index (χ4n) is 1.92. The van der Waals surface area contributed by atoms with Crippen LogP contribution >= 0.6 is 15.9 Å². The highest BCUT2D eigenvalue weighted by molar-refractivity contribution is 9.10. The van der Waals surface area contributed by atoms with E-state index in [9.17, 15) is 4.39 Å². The van der Waals surface area contributed by atoms with Crippen molar-refractivity contribution >= 4 is 15.9 Å². The molecule has 1 aliphatic carbocycles. The average molecular weight is 244 g/mol. The van der Waals surface area contributed by atoms with Crippen LogP contribution in [0.1, 0.15) is 30.0 Å². The molecule has 2 N–H and O–H groups in total. The number of nitrogens with two attached hydrogens (primary N) is 1. The van der Waals surface area contributed by atoms with Gasteiger partial charge in [0.25, 0.3) is 0 Å². The van der Waals surface area contributed by atoms with Gasteiger partial charge in [0.1, 0.15) is 5.82 Å². The lowest BCUT2D eigenvalue weighted by atomic mass is 9.88. The summed E-state index contributed by atoms with van der Waals surface area (Å²) >= 11 is 3.28. The van der Waals surface area contributed by atoms with Crippen molar-refractivity contribution in [3.05, 3.63) is 33.5 Å². The average Bonchev–Trinajstić information content (AvgIpc) is 2.02. The van der Waals surface area contributed by atoms with E-state index in [0.717, 1.165) is 34.9 Å². The molecule has 1 aliphatic rings. The van der Waals surface area contributed by atoms with Crippen molar-refractivity contribution in [1.29, 1.82) is 0 Å². The highest BCUT2D eigenvalue weighted by Gasteiger charge is 2.20. The fourth-order valence-corrected chi connectivity index (χ4v) is 2.39. The summed E-state index contributed by atoms with van der Waals surface area (Å²) in [5.74, 6) is -0.170. The zero-order chi connectivity index (χ0) is 9.42. The predicted octanol–water partition coefficient (Wildman–Crippen LogP) is 2.92. The van der Waals surface area contributed by atoms with Crippen molar-refractivity contribution in [2.45, 2.75) is 25.3 Å². The van der Waals surface area contributed by atoms with Gasteiger partial charge in [-0.05, 0) is 37.0 Å². The Morgan fingerprint density at radius 1 is 1.46 bits per heavy atom. The van der Waals surface area contributed by atoms with Gasteiger partial charge in [0.2, 0.25) is 0 Å². The molecule has 0 saturated heterocycles. The second kappa shape index (κ2) is 3.39. The van der Waals surface area contributed by atoms with Crippen molar-refractivity contribution in [3.63, 3.8) is 0 Å². The van der Waals surface area contributed by atoms with Crippen molar-refractivity contribution in [2.75, 3.05) is 0 Å². The zero-order valence-electron chi connectivity index (χ0n) is 7.19. The van der Waals surface area contributed by atoms with E-state index in [1.807, 2.05) is 6.07 Å². The second-order valence-electron chi connectivity index (χ2n) is 3.46. The highest BCUT2D eigenvalue weighted by atomic mass is 79.9. The van der Waals surface area contributed by atoms with Crippen LogP contribution in [0.3, 0.4) is 0 Å². The van der Waals surface area contributed by atoms with E-state index >= 15 is 0 Å². The molecule has 0 unspecified atom stereocenters. The lowest BCUT2D eigenvalue weighted by Gasteiger charge is -2.22. The molecule has 1 aromatic carbocycles. The molecule has 1 atom stereocenters. The van der Waals surface area contributed by atoms with Gasteiger partial charge in [-0.2, -0.15) is 0 Å². The van der Waals surface area contributed by atoms with Gasteiger partial charge in [0, 0.05) is 16.1 Å². The first-order chi connectivity index (χ1) is 6.18. The first kappa shape index (κ1) is 9.16. The molecule has 3 heteroatoms. The Balaban J connectivity index is 2.56. The molecule has 70 valence electrons. The summed E-state index contributed by atoms with van der Waals surface area (Å²) in [7, 11) is 0. The zero-order valence-corrected chi connectivity index (χ0v) is 8.77. The second-order valence-corrected chi connectivity index (χ2v) is 4.37. The van der Waals surface area contributed by atoms with Crippen LogP contribution in [0.15, 0.2) is 16.6 Å². The van der Waals surface area contributed by atoms with E-state index in [-0.39, 0.29) is 11.9 Å². The summed E-state index contributed by atoms with van der Waals surface area (Å²) in [6.07, 6.45) is 2.90. The lowest BCUT2D eigenvalue weighted by molar-refractivity contribution is 0.518. The highest BCUT2D eigenvalue weighted by Crippen LogP contribution is 2.32. The van der Waals surface area contributed by atoms with E-state index in [2.05, 4.69) is 15.9 Å². The lowest BCUT2D eigenvalue weighted by Crippen LogP contribution is -2.19. The third-order valence-electron chi connectivity index (χ3n) is 2.51. The summed E-state index contributed by atoms with van der Waals surface area (Å²) in [5.41, 5.74) is 7.62. The molecule has 0 heterocycles. The van der Waals surface area contributed by atoms with Gasteiger partial charge >= 0.3 is 0 Å². The number of benzene rings is 1. The van der Waals surface area contributed by atoms with E-state index in [1.165, 1.54) is 6.07 Å². The van der Waals surface area contributed by atoms with Gasteiger partial charge in [0.05, 0.1) is 0 Å². The van der Waals surface area contributed by atoms with Crippen LogP contribution in [0.25, 0.3) is 0 Å². The number of rotatable bonds is 0. The van der Waals surface area contributed by atoms with Crippen LogP contribution in [0.4, 0.5) is 4.39 Å². The number of hydrogen-bond acceptors (Lipinski definition) is 1. The Kier molecular flexibility index (Phi) is 2.39. The normalized spacial score (nSPS) is 21.3. The van der Waals surface area contributed by atoms with Gasteiger partial charge in [0.15, 0.2) is 0 Å². The summed E-state index contributed by atoms with van der Waals surface area (Å²) < 4.78 is 14.3. The first-order valence-electron chi connectivity index (χ1n) is 4.42. The maximum atomic E-state index is 13.5. The molecule has 0 bridgehead atoms. The SMILES string of the molecule is N[C@H]1CCCc2cc(Br)cc(F)c21. The van der Waals surface area contributed by atoms with Gasteiger partial charge < -0.3 is 5.73 Å². The van der Waals surface area contributed by atoms with E-state index < -0.39 is 0 Å². The molecule has 1 aromatic rings. The van der Waals surface area contributed by atoms with E-state index in [1.54, 1.807) is 0 Å². The summed E-state index contributed by atoms with van der Waals surface area (Å²) in [5, 5.41) is 0. The fraction of sp³-hybridized carbons (Fsp3) is 0.400. The van der Waals surface area contributed by atoms with Crippen LogP contribution in [-0.2, 0) is 6.42 Å². The Labute approximate surface area is 85.3 Å². The molecule has 2 rings (SSSR count). The van der Waals surface area contributed by atoms with Crippen LogP contribution in [0.5, 0.6) is 0 Å². The minimum atomic E-state index is -0.170. The molecular formula is C10H11BrFN. The molecule has 0 amide bonds. The van der Waals surface area contributed by atoms with Crippen LogP contribution < -0.4 is 5.73 Å². The largest absolute Gasteiger partial charge is 0.324 e. The first-order valence-corrected chi connectivity index (χ1v) is 5.21. The number of halogens is 2. The minimum absolute atomic E-state index is 0.114. The van der Waals surface area contributed by atoms with Gasteiger partial charge in [-0.25, -0.2) is 4.39 Å². The minimum Gasteiger partial charge on any atom is -0.324 e. The van der Waals surface area contributed by atoms with Gasteiger partial charge in [-0.15, -0.1) is 0 Å². The maximum Gasteiger partial charge on any atom is 0.129 e. The smallest absolute Gasteiger partial charge is 0.129 e. The van der Waals surface area contributed by atoms with E-state index in [4.69, 9.17) is 5.73 Å². The van der Waals surface area contributed by atoms with Crippen molar-refractivity contribution < 1.29 is 4.39 Å². The van der Waals surface area contributed by atoms with Crippen molar-refractivity contribution in [2.24, 2.45) is 5.73 Å². The molecule has 0 fully saturated rings. The molecule has 0 radical (unpaired) electrons.